The van der Waals surface area contributed by atoms with Crippen molar-refractivity contribution in [2.75, 3.05) is 14.1 Å². The van der Waals surface area contributed by atoms with Crippen molar-refractivity contribution in [2.24, 2.45) is 0 Å². The van der Waals surface area contributed by atoms with Crippen molar-refractivity contribution in [1.82, 2.24) is 15.1 Å². The van der Waals surface area contributed by atoms with Gasteiger partial charge in [-0.2, -0.15) is 0 Å². The fraction of sp³-hybridized carbons (Fsp3) is 0.500. The number of rotatable bonds is 2. The molecule has 1 aromatic heterocycles. The van der Waals surface area contributed by atoms with Gasteiger partial charge in [0.2, 0.25) is 11.8 Å². The van der Waals surface area contributed by atoms with Gasteiger partial charge in [-0.1, -0.05) is 0 Å². The van der Waals surface area contributed by atoms with Gasteiger partial charge in [0.25, 0.3) is 4.84 Å². The third kappa shape index (κ3) is 2.16. The van der Waals surface area contributed by atoms with Crippen molar-refractivity contribution in [3.05, 3.63) is 10.7 Å². The summed E-state index contributed by atoms with van der Waals surface area (Å²) in [7, 11) is 3.34. The molecule has 0 aliphatic rings. The number of H-pyrrole nitrogens is 1. The summed E-state index contributed by atoms with van der Waals surface area (Å²) in [4.78, 5) is 12.8. The van der Waals surface area contributed by atoms with E-state index >= 15 is 0 Å². The van der Waals surface area contributed by atoms with Crippen LogP contribution in [0.3, 0.4) is 0 Å². The molecule has 0 aromatic carbocycles. The molecule has 6 heteroatoms. The maximum Gasteiger partial charge on any atom is 0.284 e. The van der Waals surface area contributed by atoms with Crippen LogP contribution in [0.1, 0.15) is 5.89 Å². The van der Waals surface area contributed by atoms with E-state index in [2.05, 4.69) is 22.4 Å². The maximum absolute atomic E-state index is 11.1. The molecule has 0 atom stereocenters. The van der Waals surface area contributed by atoms with Gasteiger partial charge >= 0.3 is 0 Å². The highest BCUT2D eigenvalue weighted by molar-refractivity contribution is 7.71. The topological polar surface area (TPSA) is 62.1 Å². The Morgan fingerprint density at radius 3 is 2.83 bits per heavy atom. The van der Waals surface area contributed by atoms with E-state index in [0.717, 1.165) is 0 Å². The number of aromatic nitrogens is 2. The molecule has 0 radical (unpaired) electrons. The lowest BCUT2D eigenvalue weighted by molar-refractivity contribution is -0.128. The van der Waals surface area contributed by atoms with Crippen LogP contribution in [0.25, 0.3) is 0 Å². The normalized spacial score (nSPS) is 9.83. The molecule has 1 N–H and O–H groups in total. The third-order valence-corrected chi connectivity index (χ3v) is 1.46. The quantitative estimate of drug-likeness (QED) is 0.679. The van der Waals surface area contributed by atoms with Crippen molar-refractivity contribution in [3.63, 3.8) is 0 Å². The zero-order valence-corrected chi connectivity index (χ0v) is 7.64. The highest BCUT2D eigenvalue weighted by atomic mass is 32.1. The second-order valence-electron chi connectivity index (χ2n) is 2.47. The van der Waals surface area contributed by atoms with Crippen molar-refractivity contribution < 1.29 is 9.21 Å². The number of likely N-dealkylation sites (N-methyl/N-ethyl adjacent to an activating group) is 1. The SMILES string of the molecule is CN(C)C(=O)Cc1n[nH]c(=S)o1. The molecule has 0 saturated heterocycles. The monoisotopic (exact) mass is 187 g/mol. The first-order valence-corrected chi connectivity index (χ1v) is 3.75. The zero-order valence-electron chi connectivity index (χ0n) is 6.83. The zero-order chi connectivity index (χ0) is 9.14. The average molecular weight is 187 g/mol. The molecule has 0 spiro atoms. The van der Waals surface area contributed by atoms with Crippen molar-refractivity contribution >= 4 is 18.1 Å². The predicted molar refractivity (Wildman–Crippen MR) is 44.1 cm³/mol. The number of carbonyl (C=O) groups excluding carboxylic acids is 1. The van der Waals surface area contributed by atoms with Gasteiger partial charge < -0.3 is 9.32 Å². The summed E-state index contributed by atoms with van der Waals surface area (Å²) in [5, 5.41) is 6.14. The molecule has 0 unspecified atom stereocenters. The minimum absolute atomic E-state index is 0.0692. The lowest BCUT2D eigenvalue weighted by Crippen LogP contribution is -2.23. The summed E-state index contributed by atoms with van der Waals surface area (Å²) in [5.41, 5.74) is 0. The second kappa shape index (κ2) is 3.48. The first kappa shape index (κ1) is 8.92. The van der Waals surface area contributed by atoms with Crippen LogP contribution in [0.2, 0.25) is 0 Å². The number of nitrogens with zero attached hydrogens (tertiary/aromatic N) is 2. The molecule has 0 aliphatic carbocycles. The van der Waals surface area contributed by atoms with Crippen molar-refractivity contribution in [2.45, 2.75) is 6.42 Å². The molecule has 66 valence electrons. The van der Waals surface area contributed by atoms with Crippen LogP contribution in [0, 0.1) is 4.84 Å². The van der Waals surface area contributed by atoms with Crippen molar-refractivity contribution in [1.29, 1.82) is 0 Å². The number of hydrogen-bond donors (Lipinski definition) is 1. The van der Waals surface area contributed by atoms with E-state index in [9.17, 15) is 4.79 Å². The average Bonchev–Trinajstić information content (AvgIpc) is 2.35. The second-order valence-corrected chi connectivity index (χ2v) is 2.84. The minimum atomic E-state index is -0.0692. The Morgan fingerprint density at radius 2 is 2.42 bits per heavy atom. The van der Waals surface area contributed by atoms with Gasteiger partial charge in [0.15, 0.2) is 0 Å². The van der Waals surface area contributed by atoms with Gasteiger partial charge in [-0.3, -0.25) is 4.79 Å². The van der Waals surface area contributed by atoms with E-state index < -0.39 is 0 Å². The van der Waals surface area contributed by atoms with E-state index in [0.29, 0.717) is 5.89 Å². The lowest BCUT2D eigenvalue weighted by atomic mass is 10.4. The summed E-state index contributed by atoms with van der Waals surface area (Å²) < 4.78 is 4.90. The Morgan fingerprint density at radius 1 is 1.75 bits per heavy atom. The van der Waals surface area contributed by atoms with Crippen LogP contribution < -0.4 is 0 Å². The van der Waals surface area contributed by atoms with E-state index in [1.807, 2.05) is 0 Å². The van der Waals surface area contributed by atoms with Crippen LogP contribution in [0.4, 0.5) is 0 Å². The molecule has 1 aromatic rings. The van der Waals surface area contributed by atoms with Crippen LogP contribution in [-0.4, -0.2) is 35.1 Å². The van der Waals surface area contributed by atoms with Gasteiger partial charge in [-0.25, -0.2) is 5.10 Å². The van der Waals surface area contributed by atoms with E-state index in [-0.39, 0.29) is 17.2 Å². The molecule has 12 heavy (non-hydrogen) atoms. The van der Waals surface area contributed by atoms with Gasteiger partial charge in [-0.05, 0) is 12.2 Å². The molecule has 0 aliphatic heterocycles. The van der Waals surface area contributed by atoms with E-state index in [1.165, 1.54) is 4.90 Å². The highest BCUT2D eigenvalue weighted by Gasteiger charge is 2.09. The molecule has 0 bridgehead atoms. The molecule has 0 saturated carbocycles. The summed E-state index contributed by atoms with van der Waals surface area (Å²) in [6.07, 6.45) is 0.139. The first-order chi connectivity index (χ1) is 5.59. The molecule has 1 rings (SSSR count). The number of hydrogen-bond acceptors (Lipinski definition) is 4. The van der Waals surface area contributed by atoms with Gasteiger partial charge in [-0.15, -0.1) is 5.10 Å². The standard InChI is InChI=1S/C6H9N3O2S/c1-9(2)5(10)3-4-7-8-6(12)11-4/h3H2,1-2H3,(H,8,12). The molecule has 0 fully saturated rings. The Hall–Kier alpha value is -1.17. The molecule has 5 nitrogen and oxygen atoms in total. The Bertz CT molecular complexity index is 328. The fourth-order valence-electron chi connectivity index (χ4n) is 0.624. The predicted octanol–water partition coefficient (Wildman–Crippen LogP) is 0.363. The van der Waals surface area contributed by atoms with E-state index in [4.69, 9.17) is 4.42 Å². The number of carbonyl (C=O) groups is 1. The third-order valence-electron chi connectivity index (χ3n) is 1.28. The summed E-state index contributed by atoms with van der Waals surface area (Å²) >= 11 is 4.64. The fourth-order valence-corrected chi connectivity index (χ4v) is 0.766. The van der Waals surface area contributed by atoms with Gasteiger partial charge in [0.05, 0.1) is 0 Å². The number of nitrogens with one attached hydrogen (secondary N) is 1. The number of amides is 1. The highest BCUT2D eigenvalue weighted by Crippen LogP contribution is 1.97. The largest absolute Gasteiger partial charge is 0.414 e. The Balaban J connectivity index is 2.64. The summed E-state index contributed by atoms with van der Waals surface area (Å²) in [5.74, 6) is 0.249. The van der Waals surface area contributed by atoms with Crippen LogP contribution in [0.5, 0.6) is 0 Å². The van der Waals surface area contributed by atoms with Crippen LogP contribution in [0.15, 0.2) is 4.42 Å². The molecule has 1 amide bonds. The minimum Gasteiger partial charge on any atom is -0.414 e. The Labute approximate surface area is 74.4 Å². The molecular weight excluding hydrogens is 178 g/mol. The van der Waals surface area contributed by atoms with Crippen LogP contribution >= 0.6 is 12.2 Å². The van der Waals surface area contributed by atoms with Gasteiger partial charge in [0, 0.05) is 14.1 Å². The number of aromatic amines is 1. The first-order valence-electron chi connectivity index (χ1n) is 3.34. The van der Waals surface area contributed by atoms with Gasteiger partial charge in [0.1, 0.15) is 6.42 Å². The smallest absolute Gasteiger partial charge is 0.284 e. The lowest BCUT2D eigenvalue weighted by Gasteiger charge is -2.06. The summed E-state index contributed by atoms with van der Waals surface area (Å²) in [6.45, 7) is 0. The Kier molecular flexibility index (Phi) is 2.59. The van der Waals surface area contributed by atoms with E-state index in [1.54, 1.807) is 14.1 Å². The van der Waals surface area contributed by atoms with Crippen LogP contribution in [-0.2, 0) is 11.2 Å². The maximum atomic E-state index is 11.1. The molecule has 1 heterocycles. The summed E-state index contributed by atoms with van der Waals surface area (Å²) in [6, 6.07) is 0. The van der Waals surface area contributed by atoms with Crippen molar-refractivity contribution in [3.8, 4) is 0 Å². The molecular formula is C6H9N3O2S.